The molecule has 3 atom stereocenters. The Morgan fingerprint density at radius 2 is 1.73 bits per heavy atom. The fourth-order valence-corrected chi connectivity index (χ4v) is 8.48. The largest absolute Gasteiger partial charge is 0.493 e. The molecule has 2 aromatic heterocycles. The average molecular weight is 799 g/mol. The minimum Gasteiger partial charge on any atom is -0.493 e. The van der Waals surface area contributed by atoms with Crippen LogP contribution in [-0.4, -0.2) is 63.1 Å². The quantitative estimate of drug-likeness (QED) is 0.135. The van der Waals surface area contributed by atoms with Crippen LogP contribution in [0.2, 0.25) is 0 Å². The molecule has 12 nitrogen and oxygen atoms in total. The van der Waals surface area contributed by atoms with Crippen LogP contribution in [0.25, 0.3) is 11.1 Å². The molecular formula is C47H50N4O8. The summed E-state index contributed by atoms with van der Waals surface area (Å²) in [7, 11) is 0. The highest BCUT2D eigenvalue weighted by molar-refractivity contribution is 5.98. The lowest BCUT2D eigenvalue weighted by Gasteiger charge is -2.37. The van der Waals surface area contributed by atoms with Gasteiger partial charge in [0.25, 0.3) is 5.91 Å². The van der Waals surface area contributed by atoms with E-state index in [0.29, 0.717) is 35.7 Å². The zero-order valence-corrected chi connectivity index (χ0v) is 34.0. The van der Waals surface area contributed by atoms with Gasteiger partial charge in [0.05, 0.1) is 6.61 Å². The summed E-state index contributed by atoms with van der Waals surface area (Å²) >= 11 is 0. The zero-order valence-electron chi connectivity index (χ0n) is 34.0. The second-order valence-electron chi connectivity index (χ2n) is 16.0. The normalized spacial score (nSPS) is 18.1. The second-order valence-corrected chi connectivity index (χ2v) is 16.0. The van der Waals surface area contributed by atoms with Gasteiger partial charge in [-0.1, -0.05) is 55.7 Å². The summed E-state index contributed by atoms with van der Waals surface area (Å²) in [5, 5.41) is 13.1. The number of aromatic nitrogens is 2. The Bertz CT molecular complexity index is 2370. The number of nitrogens with zero attached hydrogens (tertiary/aromatic N) is 3. The summed E-state index contributed by atoms with van der Waals surface area (Å²) in [6.07, 6.45) is 7.80. The van der Waals surface area contributed by atoms with E-state index >= 15 is 0 Å². The number of aliphatic carboxylic acids is 1. The molecular weight excluding hydrogens is 749 g/mol. The Morgan fingerprint density at radius 1 is 0.949 bits per heavy atom. The average Bonchev–Trinajstić information content (AvgIpc) is 3.59. The Morgan fingerprint density at radius 3 is 2.47 bits per heavy atom. The zero-order chi connectivity index (χ0) is 41.2. The van der Waals surface area contributed by atoms with Gasteiger partial charge in [0.1, 0.15) is 30.2 Å². The van der Waals surface area contributed by atoms with Crippen LogP contribution >= 0.6 is 0 Å². The highest BCUT2D eigenvalue weighted by atomic mass is 16.6. The monoisotopic (exact) mass is 798 g/mol. The van der Waals surface area contributed by atoms with Crippen LogP contribution in [0.15, 0.2) is 77.3 Å². The smallest absolute Gasteiger partial charge is 0.326 e. The molecule has 2 amide bonds. The van der Waals surface area contributed by atoms with Crippen molar-refractivity contribution in [1.29, 1.82) is 0 Å². The Hall–Kier alpha value is -6.17. The summed E-state index contributed by atoms with van der Waals surface area (Å²) < 4.78 is 24.6. The lowest BCUT2D eigenvalue weighted by molar-refractivity contribution is -0.142. The maximum absolute atomic E-state index is 14.2. The first-order valence-electron chi connectivity index (χ1n) is 20.5. The number of rotatable bonds is 11. The molecule has 4 heterocycles. The molecule has 1 unspecified atom stereocenters. The maximum Gasteiger partial charge on any atom is 0.326 e. The van der Waals surface area contributed by atoms with Crippen LogP contribution in [0.3, 0.4) is 0 Å². The van der Waals surface area contributed by atoms with Crippen LogP contribution in [0.5, 0.6) is 17.2 Å². The number of benzene rings is 3. The molecule has 0 radical (unpaired) electrons. The third-order valence-corrected chi connectivity index (χ3v) is 11.9. The molecule has 0 saturated heterocycles. The molecule has 1 fully saturated rings. The van der Waals surface area contributed by atoms with Crippen molar-refractivity contribution in [2.24, 2.45) is 5.92 Å². The van der Waals surface area contributed by atoms with Crippen molar-refractivity contribution in [3.8, 4) is 28.4 Å². The highest BCUT2D eigenvalue weighted by Crippen LogP contribution is 2.41. The van der Waals surface area contributed by atoms with Crippen molar-refractivity contribution in [3.05, 3.63) is 124 Å². The summed E-state index contributed by atoms with van der Waals surface area (Å²) in [4.78, 5) is 51.2. The molecule has 0 spiro atoms. The number of ether oxygens (including phenoxy) is 3. The van der Waals surface area contributed by atoms with E-state index in [1.54, 1.807) is 20.0 Å². The Labute approximate surface area is 343 Å². The van der Waals surface area contributed by atoms with Crippen LogP contribution in [0, 0.1) is 33.6 Å². The number of hydrogen-bond donors (Lipinski definition) is 2. The molecule has 3 aromatic carbocycles. The van der Waals surface area contributed by atoms with Crippen molar-refractivity contribution in [2.45, 2.75) is 97.4 Å². The number of pyridine rings is 1. The first-order chi connectivity index (χ1) is 28.5. The van der Waals surface area contributed by atoms with E-state index < -0.39 is 29.9 Å². The van der Waals surface area contributed by atoms with E-state index in [4.69, 9.17) is 18.6 Å². The van der Waals surface area contributed by atoms with E-state index in [9.17, 15) is 19.5 Å². The molecule has 5 aromatic rings. The number of oxazole rings is 1. The van der Waals surface area contributed by atoms with Gasteiger partial charge in [-0.25, -0.2) is 9.78 Å². The van der Waals surface area contributed by atoms with Crippen molar-refractivity contribution < 1.29 is 38.1 Å². The van der Waals surface area contributed by atoms with Crippen LogP contribution in [-0.2, 0) is 29.0 Å². The first-order valence-corrected chi connectivity index (χ1v) is 20.5. The minimum absolute atomic E-state index is 0.0456. The molecule has 1 aliphatic carbocycles. The van der Waals surface area contributed by atoms with Crippen LogP contribution < -0.4 is 19.5 Å². The predicted molar refractivity (Wildman–Crippen MR) is 220 cm³/mol. The number of carbonyl (C=O) groups excluding carboxylic acids is 2. The third-order valence-electron chi connectivity index (χ3n) is 11.9. The molecule has 2 N–H and O–H groups in total. The minimum atomic E-state index is -1.25. The third kappa shape index (κ3) is 8.67. The van der Waals surface area contributed by atoms with E-state index in [1.807, 2.05) is 80.6 Å². The summed E-state index contributed by atoms with van der Waals surface area (Å²) in [5.41, 5.74) is 7.38. The van der Waals surface area contributed by atoms with E-state index in [2.05, 4.69) is 15.3 Å². The number of fused-ring (bicyclic) bond motifs is 2. The lowest BCUT2D eigenvalue weighted by atomic mass is 9.90. The molecule has 0 bridgehead atoms. The van der Waals surface area contributed by atoms with Crippen LogP contribution in [0.1, 0.15) is 93.9 Å². The van der Waals surface area contributed by atoms with Gasteiger partial charge in [-0.05, 0) is 109 Å². The Balaban J connectivity index is 1.01. The molecule has 3 aliphatic rings. The van der Waals surface area contributed by atoms with Crippen LogP contribution in [0.4, 0.5) is 0 Å². The fourth-order valence-electron chi connectivity index (χ4n) is 8.48. The van der Waals surface area contributed by atoms with Gasteiger partial charge in [-0.2, -0.15) is 0 Å². The number of carboxylic acids is 1. The maximum atomic E-state index is 14.2. The van der Waals surface area contributed by atoms with Crippen molar-refractivity contribution >= 4 is 17.8 Å². The van der Waals surface area contributed by atoms with Crippen molar-refractivity contribution in [2.75, 3.05) is 13.2 Å². The number of carboxylic acid groups (broad SMARTS) is 1. The van der Waals surface area contributed by atoms with E-state index in [0.717, 1.165) is 50.4 Å². The second kappa shape index (κ2) is 17.0. The van der Waals surface area contributed by atoms with Gasteiger partial charge >= 0.3 is 5.97 Å². The molecule has 1 saturated carbocycles. The van der Waals surface area contributed by atoms with Crippen molar-refractivity contribution in [1.82, 2.24) is 20.2 Å². The number of amides is 2. The lowest BCUT2D eigenvalue weighted by Crippen LogP contribution is -2.56. The summed E-state index contributed by atoms with van der Waals surface area (Å²) in [6.45, 7) is 8.32. The molecule has 8 rings (SSSR count). The number of nitrogens with one attached hydrogen (secondary N) is 1. The summed E-state index contributed by atoms with van der Waals surface area (Å²) in [6, 6.07) is 19.0. The number of aryl methyl sites for hydroxylation is 3. The van der Waals surface area contributed by atoms with Gasteiger partial charge in [0.15, 0.2) is 29.2 Å². The first kappa shape index (κ1) is 39.6. The van der Waals surface area contributed by atoms with E-state index in [-0.39, 0.29) is 37.8 Å². The standard InChI is InChI=1S/C47H50N4O8/c1-27-28(2)48-18-17-38(27)33-15-13-31(14-16-33)19-39(47(54)55)50-45(52)40-21-35-22-41-42(23-36(35)24-51(40)46(53)44-29(3)58-30(4)49-44)59-43(26-57-41)34-11-8-12-37(20-34)56-25-32-9-6-5-7-10-32/h8,11-18,20,22-23,32,39-40,43H,5-7,9-10,19,21,24-26H2,1-4H3,(H,50,52)(H,54,55)/t39?,40-,43+/m0/s1. The predicted octanol–water partition coefficient (Wildman–Crippen LogP) is 7.82. The van der Waals surface area contributed by atoms with Gasteiger partial charge < -0.3 is 34.0 Å². The molecule has 2 aliphatic heterocycles. The SMILES string of the molecule is Cc1nc(C(=O)N2Cc3cc4c(cc3C[C@H]2C(=O)NC(Cc2ccc(-c3ccnc(C)c3C)cc2)C(=O)O)OC[C@H](c2cccc(OCC3CCCCC3)c2)O4)c(C)o1. The van der Waals surface area contributed by atoms with Gasteiger partial charge in [0.2, 0.25) is 5.91 Å². The fraction of sp³-hybridized carbons (Fsp3) is 0.383. The number of carbonyl (C=O) groups is 3. The Kier molecular flexibility index (Phi) is 11.4. The highest BCUT2D eigenvalue weighted by Gasteiger charge is 2.39. The molecule has 12 heteroatoms. The van der Waals surface area contributed by atoms with Gasteiger partial charge in [-0.3, -0.25) is 14.6 Å². The van der Waals surface area contributed by atoms with E-state index in [1.165, 1.54) is 37.0 Å². The van der Waals surface area contributed by atoms with Gasteiger partial charge in [-0.15, -0.1) is 0 Å². The van der Waals surface area contributed by atoms with Crippen molar-refractivity contribution in [3.63, 3.8) is 0 Å². The summed E-state index contributed by atoms with van der Waals surface area (Å²) in [5.74, 6) is 0.847. The topological polar surface area (TPSA) is 153 Å². The number of hydrogen-bond acceptors (Lipinski definition) is 9. The molecule has 306 valence electrons. The van der Waals surface area contributed by atoms with Gasteiger partial charge in [0, 0.05) is 38.2 Å². The molecule has 59 heavy (non-hydrogen) atoms.